The average Bonchev–Trinajstić information content (AvgIpc) is 2.76. The minimum atomic E-state index is -3.54. The number of hydrogen-bond acceptors (Lipinski definition) is 3. The molecule has 0 radical (unpaired) electrons. The Labute approximate surface area is 127 Å². The number of rotatable bonds is 5. The standard InChI is InChI=1S/C16H25NO3S/c1-4-14(18)12-7-5-8-13(11-12)21(19,20)17-15-9-6-10-16(15,2)3/h5,7-8,11,14-15,17-18H,4,6,9-10H2,1-3H3. The number of hydrogen-bond donors (Lipinski definition) is 2. The first kappa shape index (κ1) is 16.5. The molecular weight excluding hydrogens is 286 g/mol. The molecule has 2 rings (SSSR count). The van der Waals surface area contributed by atoms with Gasteiger partial charge in [-0.1, -0.05) is 39.3 Å². The summed E-state index contributed by atoms with van der Waals surface area (Å²) >= 11 is 0. The van der Waals surface area contributed by atoms with Gasteiger partial charge in [-0.15, -0.1) is 0 Å². The van der Waals surface area contributed by atoms with Gasteiger partial charge in [0.15, 0.2) is 0 Å². The smallest absolute Gasteiger partial charge is 0.240 e. The Morgan fingerprint density at radius 3 is 2.71 bits per heavy atom. The van der Waals surface area contributed by atoms with Crippen molar-refractivity contribution in [2.75, 3.05) is 0 Å². The van der Waals surface area contributed by atoms with E-state index in [1.807, 2.05) is 6.92 Å². The summed E-state index contributed by atoms with van der Waals surface area (Å²) in [6.07, 6.45) is 2.91. The molecule has 1 aromatic carbocycles. The summed E-state index contributed by atoms with van der Waals surface area (Å²) < 4.78 is 27.9. The van der Waals surface area contributed by atoms with Crippen molar-refractivity contribution < 1.29 is 13.5 Å². The van der Waals surface area contributed by atoms with Crippen molar-refractivity contribution >= 4 is 10.0 Å². The Balaban J connectivity index is 2.24. The second kappa shape index (κ2) is 6.07. The Hall–Kier alpha value is -0.910. The first-order chi connectivity index (χ1) is 9.76. The molecule has 21 heavy (non-hydrogen) atoms. The van der Waals surface area contributed by atoms with Crippen LogP contribution in [0.5, 0.6) is 0 Å². The maximum atomic E-state index is 12.5. The molecular formula is C16H25NO3S. The van der Waals surface area contributed by atoms with E-state index in [4.69, 9.17) is 0 Å². The second-order valence-corrected chi connectivity index (χ2v) is 8.27. The number of aliphatic hydroxyl groups excluding tert-OH is 1. The molecule has 2 N–H and O–H groups in total. The summed E-state index contributed by atoms with van der Waals surface area (Å²) in [5.41, 5.74) is 0.638. The summed E-state index contributed by atoms with van der Waals surface area (Å²) in [6.45, 7) is 6.07. The van der Waals surface area contributed by atoms with Crippen molar-refractivity contribution in [1.82, 2.24) is 4.72 Å². The van der Waals surface area contributed by atoms with Gasteiger partial charge in [-0.25, -0.2) is 13.1 Å². The van der Waals surface area contributed by atoms with E-state index in [0.717, 1.165) is 19.3 Å². The average molecular weight is 311 g/mol. The normalized spacial score (nSPS) is 23.1. The minimum Gasteiger partial charge on any atom is -0.388 e. The first-order valence-corrected chi connectivity index (χ1v) is 9.05. The van der Waals surface area contributed by atoms with E-state index in [2.05, 4.69) is 18.6 Å². The molecule has 0 heterocycles. The number of aliphatic hydroxyl groups is 1. The van der Waals surface area contributed by atoms with Gasteiger partial charge in [-0.05, 0) is 42.4 Å². The monoisotopic (exact) mass is 311 g/mol. The summed E-state index contributed by atoms with van der Waals surface area (Å²) in [6, 6.07) is 6.56. The lowest BCUT2D eigenvalue weighted by Gasteiger charge is -2.27. The van der Waals surface area contributed by atoms with E-state index in [9.17, 15) is 13.5 Å². The highest BCUT2D eigenvalue weighted by molar-refractivity contribution is 7.89. The van der Waals surface area contributed by atoms with E-state index < -0.39 is 16.1 Å². The van der Waals surface area contributed by atoms with Gasteiger partial charge < -0.3 is 5.11 Å². The van der Waals surface area contributed by atoms with Crippen LogP contribution in [-0.2, 0) is 10.0 Å². The highest BCUT2D eigenvalue weighted by atomic mass is 32.2. The maximum Gasteiger partial charge on any atom is 0.240 e. The zero-order valence-electron chi connectivity index (χ0n) is 13.0. The molecule has 0 amide bonds. The highest BCUT2D eigenvalue weighted by Crippen LogP contribution is 2.38. The van der Waals surface area contributed by atoms with Gasteiger partial charge in [-0.2, -0.15) is 0 Å². The predicted octanol–water partition coefficient (Wildman–Crippen LogP) is 2.99. The molecule has 1 aliphatic carbocycles. The van der Waals surface area contributed by atoms with Gasteiger partial charge in [0, 0.05) is 6.04 Å². The molecule has 118 valence electrons. The third-order valence-corrected chi connectivity index (χ3v) is 5.96. The fourth-order valence-corrected chi connectivity index (χ4v) is 4.42. The van der Waals surface area contributed by atoms with Gasteiger partial charge >= 0.3 is 0 Å². The van der Waals surface area contributed by atoms with E-state index in [1.54, 1.807) is 24.3 Å². The molecule has 5 heteroatoms. The van der Waals surface area contributed by atoms with Crippen molar-refractivity contribution in [2.24, 2.45) is 5.41 Å². The van der Waals surface area contributed by atoms with Crippen molar-refractivity contribution in [2.45, 2.75) is 63.5 Å². The number of sulfonamides is 1. The van der Waals surface area contributed by atoms with Crippen LogP contribution >= 0.6 is 0 Å². The van der Waals surface area contributed by atoms with Crippen LogP contribution in [0, 0.1) is 5.41 Å². The third kappa shape index (κ3) is 3.65. The van der Waals surface area contributed by atoms with Crippen LogP contribution < -0.4 is 4.72 Å². The van der Waals surface area contributed by atoms with Gasteiger partial charge in [0.05, 0.1) is 11.0 Å². The van der Waals surface area contributed by atoms with Crippen molar-refractivity contribution in [3.63, 3.8) is 0 Å². The van der Waals surface area contributed by atoms with Crippen LogP contribution in [0.3, 0.4) is 0 Å². The molecule has 2 unspecified atom stereocenters. The molecule has 1 aromatic rings. The van der Waals surface area contributed by atoms with Crippen LogP contribution in [0.1, 0.15) is 58.1 Å². The lowest BCUT2D eigenvalue weighted by Crippen LogP contribution is -2.41. The maximum absolute atomic E-state index is 12.5. The van der Waals surface area contributed by atoms with Crippen molar-refractivity contribution in [1.29, 1.82) is 0 Å². The fraction of sp³-hybridized carbons (Fsp3) is 0.625. The van der Waals surface area contributed by atoms with E-state index in [-0.39, 0.29) is 16.4 Å². The molecule has 0 aromatic heterocycles. The van der Waals surface area contributed by atoms with Gasteiger partial charge in [0.1, 0.15) is 0 Å². The molecule has 0 aliphatic heterocycles. The predicted molar refractivity (Wildman–Crippen MR) is 83.4 cm³/mol. The van der Waals surface area contributed by atoms with E-state index in [0.29, 0.717) is 12.0 Å². The molecule has 0 bridgehead atoms. The lowest BCUT2D eigenvalue weighted by atomic mass is 9.88. The zero-order valence-corrected chi connectivity index (χ0v) is 13.8. The molecule has 1 aliphatic rings. The summed E-state index contributed by atoms with van der Waals surface area (Å²) in [5, 5.41) is 9.87. The van der Waals surface area contributed by atoms with Crippen LogP contribution in [0.15, 0.2) is 29.2 Å². The Morgan fingerprint density at radius 2 is 2.14 bits per heavy atom. The topological polar surface area (TPSA) is 66.4 Å². The number of benzene rings is 1. The summed E-state index contributed by atoms with van der Waals surface area (Å²) in [4.78, 5) is 0.232. The van der Waals surface area contributed by atoms with Crippen molar-refractivity contribution in [3.8, 4) is 0 Å². The molecule has 4 nitrogen and oxygen atoms in total. The quantitative estimate of drug-likeness (QED) is 0.878. The first-order valence-electron chi connectivity index (χ1n) is 7.56. The Morgan fingerprint density at radius 1 is 1.43 bits per heavy atom. The molecule has 1 saturated carbocycles. The van der Waals surface area contributed by atoms with Gasteiger partial charge in [-0.3, -0.25) is 0 Å². The fourth-order valence-electron chi connectivity index (χ4n) is 2.93. The largest absolute Gasteiger partial charge is 0.388 e. The number of nitrogens with one attached hydrogen (secondary N) is 1. The zero-order chi connectivity index (χ0) is 15.7. The second-order valence-electron chi connectivity index (χ2n) is 6.55. The highest BCUT2D eigenvalue weighted by Gasteiger charge is 2.37. The molecule has 0 spiro atoms. The molecule has 2 atom stereocenters. The Bertz CT molecular complexity index is 595. The van der Waals surface area contributed by atoms with Crippen LogP contribution in [0.4, 0.5) is 0 Å². The van der Waals surface area contributed by atoms with E-state index >= 15 is 0 Å². The van der Waals surface area contributed by atoms with Crippen molar-refractivity contribution in [3.05, 3.63) is 29.8 Å². The Kier molecular flexibility index (Phi) is 4.76. The van der Waals surface area contributed by atoms with Crippen LogP contribution in [0.2, 0.25) is 0 Å². The summed E-state index contributed by atoms with van der Waals surface area (Å²) in [5.74, 6) is 0. The third-order valence-electron chi connectivity index (χ3n) is 4.49. The SMILES string of the molecule is CCC(O)c1cccc(S(=O)(=O)NC2CCCC2(C)C)c1. The molecule has 0 saturated heterocycles. The van der Waals surface area contributed by atoms with Gasteiger partial charge in [0.25, 0.3) is 0 Å². The summed E-state index contributed by atoms with van der Waals surface area (Å²) in [7, 11) is -3.54. The van der Waals surface area contributed by atoms with E-state index in [1.165, 1.54) is 0 Å². The van der Waals surface area contributed by atoms with Crippen LogP contribution in [-0.4, -0.2) is 19.6 Å². The van der Waals surface area contributed by atoms with Gasteiger partial charge in [0.2, 0.25) is 10.0 Å². The minimum absolute atomic E-state index is 0.00634. The molecule has 1 fully saturated rings. The lowest BCUT2D eigenvalue weighted by molar-refractivity contribution is 0.173. The van der Waals surface area contributed by atoms with Crippen LogP contribution in [0.25, 0.3) is 0 Å².